The van der Waals surface area contributed by atoms with Crippen LogP contribution in [0.15, 0.2) is 36.4 Å². The maximum Gasteiger partial charge on any atom is 0.226 e. The number of aryl methyl sites for hydroxylation is 1. The lowest BCUT2D eigenvalue weighted by atomic mass is 10.0. The first-order valence-corrected chi connectivity index (χ1v) is 10.9. The van der Waals surface area contributed by atoms with Crippen LogP contribution >= 0.6 is 34.5 Å². The van der Waals surface area contributed by atoms with E-state index in [1.54, 1.807) is 30.3 Å². The van der Waals surface area contributed by atoms with E-state index in [9.17, 15) is 9.59 Å². The molecule has 1 N–H and O–H groups in total. The first-order chi connectivity index (χ1) is 14.8. The summed E-state index contributed by atoms with van der Waals surface area (Å²) in [6, 6.07) is 10.2. The van der Waals surface area contributed by atoms with Crippen LogP contribution in [-0.4, -0.2) is 30.9 Å². The van der Waals surface area contributed by atoms with Crippen molar-refractivity contribution in [2.24, 2.45) is 0 Å². The zero-order valence-corrected chi connectivity index (χ0v) is 19.5. The van der Waals surface area contributed by atoms with Gasteiger partial charge in [-0.2, -0.15) is 0 Å². The highest BCUT2D eigenvalue weighted by Gasteiger charge is 2.17. The highest BCUT2D eigenvalue weighted by Crippen LogP contribution is 2.34. The van der Waals surface area contributed by atoms with Gasteiger partial charge >= 0.3 is 0 Å². The number of ketones is 1. The summed E-state index contributed by atoms with van der Waals surface area (Å²) in [7, 11) is 3.01. The number of ether oxygens (including phenoxy) is 2. The average Bonchev–Trinajstić information content (AvgIpc) is 3.13. The second-order valence-electron chi connectivity index (χ2n) is 6.59. The van der Waals surface area contributed by atoms with Crippen molar-refractivity contribution < 1.29 is 19.1 Å². The molecule has 0 spiro atoms. The molecule has 1 amide bonds. The molecule has 6 nitrogen and oxygen atoms in total. The van der Waals surface area contributed by atoms with Gasteiger partial charge in [0.1, 0.15) is 11.5 Å². The van der Waals surface area contributed by atoms with Gasteiger partial charge in [0.25, 0.3) is 0 Å². The number of aromatic nitrogens is 1. The lowest BCUT2D eigenvalue weighted by Gasteiger charge is -2.09. The Balaban J connectivity index is 1.65. The van der Waals surface area contributed by atoms with E-state index < -0.39 is 0 Å². The number of halogens is 2. The zero-order valence-electron chi connectivity index (χ0n) is 17.1. The van der Waals surface area contributed by atoms with E-state index in [2.05, 4.69) is 10.3 Å². The number of carbonyl (C=O) groups is 2. The van der Waals surface area contributed by atoms with Crippen LogP contribution in [0.5, 0.6) is 11.5 Å². The fraction of sp³-hybridized carbons (Fsp3) is 0.227. The molecule has 0 aliphatic carbocycles. The molecular formula is C22H20Cl2N2O4S. The predicted octanol–water partition coefficient (Wildman–Crippen LogP) is 6.04. The molecule has 0 fully saturated rings. The highest BCUT2D eigenvalue weighted by atomic mass is 35.5. The molecule has 0 aliphatic heterocycles. The second-order valence-corrected chi connectivity index (χ2v) is 8.61. The van der Waals surface area contributed by atoms with Gasteiger partial charge < -0.3 is 14.8 Å². The molecule has 0 bridgehead atoms. The number of methoxy groups -OCH3 is 2. The summed E-state index contributed by atoms with van der Waals surface area (Å²) in [5.41, 5.74) is 1.90. The van der Waals surface area contributed by atoms with Crippen molar-refractivity contribution in [3.63, 3.8) is 0 Å². The van der Waals surface area contributed by atoms with Gasteiger partial charge in [-0.3, -0.25) is 9.59 Å². The van der Waals surface area contributed by atoms with E-state index in [-0.39, 0.29) is 24.5 Å². The van der Waals surface area contributed by atoms with Crippen molar-refractivity contribution in [1.29, 1.82) is 0 Å². The number of hydrogen-bond donors (Lipinski definition) is 1. The standard InChI is InChI=1S/C22H20Cl2N2O4S/c1-12-21(13-4-6-16(23)17(24)10-13)26-22(31-12)25-20(28)9-7-18(27)15-11-14(29-2)5-8-19(15)30-3/h4-6,8,10-11H,7,9H2,1-3H3,(H,25,26,28). The van der Waals surface area contributed by atoms with Gasteiger partial charge in [0.2, 0.25) is 5.91 Å². The Bertz CT molecular complexity index is 1130. The Hall–Kier alpha value is -2.61. The van der Waals surface area contributed by atoms with Gasteiger partial charge in [-0.15, -0.1) is 11.3 Å². The van der Waals surface area contributed by atoms with E-state index in [0.717, 1.165) is 16.1 Å². The Morgan fingerprint density at radius 1 is 1.03 bits per heavy atom. The topological polar surface area (TPSA) is 77.5 Å². The van der Waals surface area contributed by atoms with Gasteiger partial charge in [0, 0.05) is 23.3 Å². The molecule has 0 aliphatic rings. The molecule has 162 valence electrons. The molecule has 1 aromatic heterocycles. The summed E-state index contributed by atoms with van der Waals surface area (Å²) in [4.78, 5) is 30.4. The number of carbonyl (C=O) groups excluding carboxylic acids is 2. The third kappa shape index (κ3) is 5.55. The first kappa shape index (κ1) is 23.1. The Labute approximate surface area is 194 Å². The van der Waals surface area contributed by atoms with Crippen molar-refractivity contribution in [2.75, 3.05) is 19.5 Å². The minimum atomic E-state index is -0.301. The van der Waals surface area contributed by atoms with Gasteiger partial charge in [0.05, 0.1) is 35.5 Å². The van der Waals surface area contributed by atoms with Crippen LogP contribution in [0.1, 0.15) is 28.1 Å². The maximum atomic E-state index is 12.6. The van der Waals surface area contributed by atoms with Crippen molar-refractivity contribution in [2.45, 2.75) is 19.8 Å². The molecule has 3 aromatic rings. The number of anilines is 1. The second kappa shape index (κ2) is 10.1. The molecule has 0 radical (unpaired) electrons. The molecular weight excluding hydrogens is 459 g/mol. The summed E-state index contributed by atoms with van der Waals surface area (Å²) in [6.45, 7) is 1.91. The smallest absolute Gasteiger partial charge is 0.226 e. The number of thiazole rings is 1. The monoisotopic (exact) mass is 478 g/mol. The predicted molar refractivity (Wildman–Crippen MR) is 124 cm³/mol. The quantitative estimate of drug-likeness (QED) is 0.399. The Morgan fingerprint density at radius 2 is 1.81 bits per heavy atom. The van der Waals surface area contributed by atoms with Crippen LogP contribution < -0.4 is 14.8 Å². The van der Waals surface area contributed by atoms with Gasteiger partial charge in [-0.25, -0.2) is 4.98 Å². The number of nitrogens with zero attached hydrogens (tertiary/aromatic N) is 1. The van der Waals surface area contributed by atoms with Gasteiger partial charge in [-0.1, -0.05) is 29.3 Å². The van der Waals surface area contributed by atoms with Crippen LogP contribution in [0.2, 0.25) is 10.0 Å². The fourth-order valence-electron chi connectivity index (χ4n) is 2.94. The molecule has 31 heavy (non-hydrogen) atoms. The molecule has 0 unspecified atom stereocenters. The number of amides is 1. The third-order valence-corrected chi connectivity index (χ3v) is 6.15. The van der Waals surface area contributed by atoms with Crippen LogP contribution in [-0.2, 0) is 4.79 Å². The molecule has 0 saturated carbocycles. The van der Waals surface area contributed by atoms with Crippen LogP contribution in [0.25, 0.3) is 11.3 Å². The number of rotatable bonds is 8. The van der Waals surface area contributed by atoms with Crippen LogP contribution in [0.3, 0.4) is 0 Å². The van der Waals surface area contributed by atoms with E-state index in [1.807, 2.05) is 13.0 Å². The van der Waals surface area contributed by atoms with Crippen molar-refractivity contribution >= 4 is 51.4 Å². The largest absolute Gasteiger partial charge is 0.497 e. The van der Waals surface area contributed by atoms with Crippen molar-refractivity contribution in [3.8, 4) is 22.8 Å². The molecule has 0 atom stereocenters. The minimum absolute atomic E-state index is 0.0138. The molecule has 9 heteroatoms. The summed E-state index contributed by atoms with van der Waals surface area (Å²) >= 11 is 13.4. The van der Waals surface area contributed by atoms with Gasteiger partial charge in [-0.05, 0) is 37.3 Å². The van der Waals surface area contributed by atoms with E-state index >= 15 is 0 Å². The zero-order chi connectivity index (χ0) is 22.5. The minimum Gasteiger partial charge on any atom is -0.497 e. The average molecular weight is 479 g/mol. The number of nitrogens with one attached hydrogen (secondary N) is 1. The summed E-state index contributed by atoms with van der Waals surface area (Å²) in [6.07, 6.45) is 0.0410. The summed E-state index contributed by atoms with van der Waals surface area (Å²) in [5.74, 6) is 0.470. The third-order valence-electron chi connectivity index (χ3n) is 4.52. The van der Waals surface area contributed by atoms with Crippen molar-refractivity contribution in [3.05, 3.63) is 56.9 Å². The SMILES string of the molecule is COc1ccc(OC)c(C(=O)CCC(=O)Nc2nc(-c3ccc(Cl)c(Cl)c3)c(C)s2)c1. The molecule has 0 saturated heterocycles. The van der Waals surface area contributed by atoms with E-state index in [4.69, 9.17) is 32.7 Å². The fourth-order valence-corrected chi connectivity index (χ4v) is 4.09. The normalized spacial score (nSPS) is 10.6. The summed E-state index contributed by atoms with van der Waals surface area (Å²) < 4.78 is 10.4. The van der Waals surface area contributed by atoms with E-state index in [1.165, 1.54) is 25.6 Å². The Kier molecular flexibility index (Phi) is 7.54. The van der Waals surface area contributed by atoms with Crippen molar-refractivity contribution in [1.82, 2.24) is 4.98 Å². The number of Topliss-reactive ketones (excluding diaryl/α,β-unsaturated/α-hetero) is 1. The molecule has 3 rings (SSSR count). The van der Waals surface area contributed by atoms with E-state index in [0.29, 0.717) is 32.2 Å². The molecule has 1 heterocycles. The lowest BCUT2D eigenvalue weighted by Crippen LogP contribution is -2.13. The maximum absolute atomic E-state index is 12.6. The highest BCUT2D eigenvalue weighted by molar-refractivity contribution is 7.16. The Morgan fingerprint density at radius 3 is 2.48 bits per heavy atom. The van der Waals surface area contributed by atoms with Crippen LogP contribution in [0.4, 0.5) is 5.13 Å². The van der Waals surface area contributed by atoms with Gasteiger partial charge in [0.15, 0.2) is 10.9 Å². The summed E-state index contributed by atoms with van der Waals surface area (Å²) in [5, 5.41) is 4.11. The lowest BCUT2D eigenvalue weighted by molar-refractivity contribution is -0.116. The first-order valence-electron chi connectivity index (χ1n) is 9.30. The molecule has 2 aromatic carbocycles. The number of hydrogen-bond acceptors (Lipinski definition) is 6. The van der Waals surface area contributed by atoms with Crippen LogP contribution in [0, 0.1) is 6.92 Å². The number of benzene rings is 2.